The van der Waals surface area contributed by atoms with Crippen molar-refractivity contribution in [1.82, 2.24) is 0 Å². The van der Waals surface area contributed by atoms with E-state index in [1.54, 1.807) is 0 Å². The second-order valence-electron chi connectivity index (χ2n) is 3.74. The largest absolute Gasteiger partial charge is 0.398 e. The second-order valence-corrected chi connectivity index (χ2v) is 3.74. The van der Waals surface area contributed by atoms with Crippen LogP contribution in [0.4, 0.5) is 5.69 Å². The predicted octanol–water partition coefficient (Wildman–Crippen LogP) is 3.76. The van der Waals surface area contributed by atoms with E-state index < -0.39 is 0 Å². The summed E-state index contributed by atoms with van der Waals surface area (Å²) in [6.45, 7) is 4.10. The fraction of sp³-hybridized carbons (Fsp3) is 0.143. The minimum Gasteiger partial charge on any atom is -0.398 e. The molecule has 76 valence electrons. The van der Waals surface area contributed by atoms with Gasteiger partial charge >= 0.3 is 0 Å². The Hall–Kier alpha value is -1.76. The molecular weight excluding hydrogens is 182 g/mol. The van der Waals surface area contributed by atoms with E-state index in [1.807, 2.05) is 25.1 Å². The average molecular weight is 197 g/mol. The Labute approximate surface area is 90.2 Å². The lowest BCUT2D eigenvalue weighted by Crippen LogP contribution is -1.94. The molecular formula is C14H15N. The fourth-order valence-electron chi connectivity index (χ4n) is 1.92. The van der Waals surface area contributed by atoms with E-state index in [4.69, 9.17) is 5.73 Å². The summed E-state index contributed by atoms with van der Waals surface area (Å²) >= 11 is 0. The fourth-order valence-corrected chi connectivity index (χ4v) is 1.92. The third-order valence-electron chi connectivity index (χ3n) is 2.67. The predicted molar refractivity (Wildman–Crippen MR) is 67.8 cm³/mol. The van der Waals surface area contributed by atoms with Crippen LogP contribution in [-0.4, -0.2) is 0 Å². The summed E-state index contributed by atoms with van der Waals surface area (Å²) in [4.78, 5) is 0. The van der Waals surface area contributed by atoms with Gasteiger partial charge < -0.3 is 5.73 Å². The van der Waals surface area contributed by atoms with E-state index in [2.05, 4.69) is 31.2 Å². The highest BCUT2D eigenvalue weighted by Crippen LogP contribution is 2.28. The summed E-state index contributed by atoms with van der Waals surface area (Å²) in [6.07, 6.45) is 4.09. The zero-order chi connectivity index (χ0) is 10.8. The van der Waals surface area contributed by atoms with Crippen molar-refractivity contribution in [2.24, 2.45) is 0 Å². The molecule has 0 heterocycles. The Morgan fingerprint density at radius 2 is 1.93 bits per heavy atom. The Morgan fingerprint density at radius 3 is 2.67 bits per heavy atom. The molecule has 2 aromatic carbocycles. The number of anilines is 1. The smallest absolute Gasteiger partial charge is 0.0469 e. The molecule has 0 bridgehead atoms. The number of hydrogen-bond donors (Lipinski definition) is 1. The molecule has 0 aromatic heterocycles. The number of aryl methyl sites for hydroxylation is 1. The Bertz CT molecular complexity index is 524. The minimum absolute atomic E-state index is 0.878. The topological polar surface area (TPSA) is 26.0 Å². The number of allylic oxidation sites excluding steroid dienone is 1. The van der Waals surface area contributed by atoms with E-state index in [9.17, 15) is 0 Å². The van der Waals surface area contributed by atoms with Crippen molar-refractivity contribution in [3.05, 3.63) is 47.5 Å². The molecule has 2 rings (SSSR count). The molecule has 2 N–H and O–H groups in total. The SMILES string of the molecule is C/C=C\c1c(C)cc2ccccc2c1N. The Balaban J connectivity index is 2.83. The first-order valence-electron chi connectivity index (χ1n) is 5.14. The van der Waals surface area contributed by atoms with Crippen LogP contribution < -0.4 is 5.73 Å². The van der Waals surface area contributed by atoms with E-state index in [0.29, 0.717) is 0 Å². The lowest BCUT2D eigenvalue weighted by molar-refractivity contribution is 1.47. The molecule has 0 atom stereocenters. The maximum Gasteiger partial charge on any atom is 0.0469 e. The van der Waals surface area contributed by atoms with Gasteiger partial charge in [0.15, 0.2) is 0 Å². The third-order valence-corrected chi connectivity index (χ3v) is 2.67. The van der Waals surface area contributed by atoms with Crippen molar-refractivity contribution < 1.29 is 0 Å². The van der Waals surface area contributed by atoms with Crippen LogP contribution in [0.15, 0.2) is 36.4 Å². The van der Waals surface area contributed by atoms with Crippen LogP contribution in [0.5, 0.6) is 0 Å². The van der Waals surface area contributed by atoms with Gasteiger partial charge in [0, 0.05) is 16.6 Å². The normalized spacial score (nSPS) is 11.3. The summed E-state index contributed by atoms with van der Waals surface area (Å²) in [5, 5.41) is 2.34. The van der Waals surface area contributed by atoms with Gasteiger partial charge in [-0.25, -0.2) is 0 Å². The summed E-state index contributed by atoms with van der Waals surface area (Å²) < 4.78 is 0. The molecule has 0 saturated carbocycles. The monoisotopic (exact) mass is 197 g/mol. The van der Waals surface area contributed by atoms with Gasteiger partial charge in [0.1, 0.15) is 0 Å². The zero-order valence-corrected chi connectivity index (χ0v) is 9.12. The summed E-state index contributed by atoms with van der Waals surface area (Å²) in [5.74, 6) is 0. The van der Waals surface area contributed by atoms with Gasteiger partial charge in [0.25, 0.3) is 0 Å². The Kier molecular flexibility index (Phi) is 2.46. The summed E-state index contributed by atoms with van der Waals surface area (Å²) in [6, 6.07) is 10.4. The number of benzene rings is 2. The van der Waals surface area contributed by atoms with Crippen molar-refractivity contribution in [3.8, 4) is 0 Å². The van der Waals surface area contributed by atoms with Crippen LogP contribution in [0.25, 0.3) is 16.8 Å². The lowest BCUT2D eigenvalue weighted by Gasteiger charge is -2.09. The lowest BCUT2D eigenvalue weighted by atomic mass is 9.99. The molecule has 2 aromatic rings. The second kappa shape index (κ2) is 3.77. The van der Waals surface area contributed by atoms with Crippen LogP contribution in [0, 0.1) is 6.92 Å². The van der Waals surface area contributed by atoms with Gasteiger partial charge in [-0.2, -0.15) is 0 Å². The van der Waals surface area contributed by atoms with Crippen molar-refractivity contribution >= 4 is 22.5 Å². The van der Waals surface area contributed by atoms with Gasteiger partial charge in [0.2, 0.25) is 0 Å². The standard InChI is InChI=1S/C14H15N/c1-3-6-12-10(2)9-11-7-4-5-8-13(11)14(12)15/h3-9H,15H2,1-2H3/b6-3-. The minimum atomic E-state index is 0.878. The molecule has 0 aliphatic carbocycles. The molecule has 15 heavy (non-hydrogen) atoms. The number of rotatable bonds is 1. The molecule has 0 saturated heterocycles. The van der Waals surface area contributed by atoms with Crippen molar-refractivity contribution in [2.75, 3.05) is 5.73 Å². The third kappa shape index (κ3) is 1.61. The van der Waals surface area contributed by atoms with E-state index in [0.717, 1.165) is 16.6 Å². The van der Waals surface area contributed by atoms with Gasteiger partial charge in [-0.1, -0.05) is 42.5 Å². The zero-order valence-electron chi connectivity index (χ0n) is 9.12. The molecule has 0 unspecified atom stereocenters. The van der Waals surface area contributed by atoms with Gasteiger partial charge in [-0.15, -0.1) is 0 Å². The number of fused-ring (bicyclic) bond motifs is 1. The maximum atomic E-state index is 6.15. The first-order chi connectivity index (χ1) is 7.24. The van der Waals surface area contributed by atoms with Crippen molar-refractivity contribution in [2.45, 2.75) is 13.8 Å². The number of hydrogen-bond acceptors (Lipinski definition) is 1. The van der Waals surface area contributed by atoms with Gasteiger partial charge in [-0.05, 0) is 24.8 Å². The maximum absolute atomic E-state index is 6.15. The highest BCUT2D eigenvalue weighted by Gasteiger charge is 2.04. The van der Waals surface area contributed by atoms with Crippen LogP contribution in [0.2, 0.25) is 0 Å². The first-order valence-corrected chi connectivity index (χ1v) is 5.14. The van der Waals surface area contributed by atoms with Crippen LogP contribution in [-0.2, 0) is 0 Å². The molecule has 1 nitrogen and oxygen atoms in total. The molecule has 0 aliphatic heterocycles. The molecule has 0 amide bonds. The summed E-state index contributed by atoms with van der Waals surface area (Å²) in [7, 11) is 0. The van der Waals surface area contributed by atoms with Crippen molar-refractivity contribution in [1.29, 1.82) is 0 Å². The molecule has 0 radical (unpaired) electrons. The molecule has 0 spiro atoms. The molecule has 0 aliphatic rings. The van der Waals surface area contributed by atoms with Gasteiger partial charge in [0.05, 0.1) is 0 Å². The number of nitrogen functional groups attached to an aromatic ring is 1. The van der Waals surface area contributed by atoms with E-state index >= 15 is 0 Å². The van der Waals surface area contributed by atoms with E-state index in [1.165, 1.54) is 10.9 Å². The highest BCUT2D eigenvalue weighted by molar-refractivity contribution is 5.97. The Morgan fingerprint density at radius 1 is 1.20 bits per heavy atom. The van der Waals surface area contributed by atoms with Crippen LogP contribution >= 0.6 is 0 Å². The molecule has 0 fully saturated rings. The van der Waals surface area contributed by atoms with Crippen LogP contribution in [0.1, 0.15) is 18.1 Å². The molecule has 1 heteroatoms. The van der Waals surface area contributed by atoms with Crippen molar-refractivity contribution in [3.63, 3.8) is 0 Å². The van der Waals surface area contributed by atoms with Crippen LogP contribution in [0.3, 0.4) is 0 Å². The first kappa shape index (κ1) is 9.78. The highest BCUT2D eigenvalue weighted by atomic mass is 14.6. The van der Waals surface area contributed by atoms with E-state index in [-0.39, 0.29) is 0 Å². The quantitative estimate of drug-likeness (QED) is 0.692. The average Bonchev–Trinajstić information content (AvgIpc) is 2.24. The summed E-state index contributed by atoms with van der Waals surface area (Å²) in [5.41, 5.74) is 9.39. The van der Waals surface area contributed by atoms with Gasteiger partial charge in [-0.3, -0.25) is 0 Å². The number of nitrogens with two attached hydrogens (primary N) is 1.